The maximum absolute atomic E-state index is 12.3. The first-order chi connectivity index (χ1) is 10.7. The predicted molar refractivity (Wildman–Crippen MR) is 76.9 cm³/mol. The highest BCUT2D eigenvalue weighted by atomic mass is 32.2. The third kappa shape index (κ3) is 3.52. The fraction of sp³-hybridized carbons (Fsp3) is 0.167. The maximum atomic E-state index is 12.3. The highest BCUT2D eigenvalue weighted by molar-refractivity contribution is 7.89. The Hall–Kier alpha value is -2.79. The van der Waals surface area contributed by atoms with Gasteiger partial charge in [-0.25, -0.2) is 13.1 Å². The molecule has 3 N–H and O–H groups in total. The van der Waals surface area contributed by atoms with Gasteiger partial charge in [0.1, 0.15) is 0 Å². The molecular weight excluding hydrogens is 328 g/mol. The third-order valence-electron chi connectivity index (χ3n) is 2.99. The highest BCUT2D eigenvalue weighted by Gasteiger charge is 2.23. The van der Waals surface area contributed by atoms with Crippen LogP contribution in [0, 0.1) is 17.0 Å². The zero-order valence-corrected chi connectivity index (χ0v) is 12.7. The number of nitro groups is 1. The predicted octanol–water partition coefficient (Wildman–Crippen LogP) is 0.469. The molecule has 2 aromatic rings. The summed E-state index contributed by atoms with van der Waals surface area (Å²) in [4.78, 5) is 20.9. The van der Waals surface area contributed by atoms with Crippen molar-refractivity contribution in [2.45, 2.75) is 18.4 Å². The SMILES string of the molecule is Cc1c([N+](=O)[O-])cccc1S(=O)(=O)NCc1cc(C(N)=O)no1. The molecule has 1 aromatic carbocycles. The van der Waals surface area contributed by atoms with E-state index in [2.05, 4.69) is 9.88 Å². The summed E-state index contributed by atoms with van der Waals surface area (Å²) in [5.41, 5.74) is 4.58. The van der Waals surface area contributed by atoms with Crippen molar-refractivity contribution in [1.82, 2.24) is 9.88 Å². The Kier molecular flexibility index (Phi) is 4.43. The number of hydrogen-bond acceptors (Lipinski definition) is 7. The summed E-state index contributed by atoms with van der Waals surface area (Å²) in [6, 6.07) is 4.94. The van der Waals surface area contributed by atoms with Crippen LogP contribution in [0.25, 0.3) is 0 Å². The van der Waals surface area contributed by atoms with Crippen LogP contribution in [0.2, 0.25) is 0 Å². The van der Waals surface area contributed by atoms with Crippen molar-refractivity contribution in [3.63, 3.8) is 0 Å². The van der Waals surface area contributed by atoms with Crippen molar-refractivity contribution < 1.29 is 22.7 Å². The maximum Gasteiger partial charge on any atom is 0.273 e. The van der Waals surface area contributed by atoms with E-state index in [-0.39, 0.29) is 34.1 Å². The molecule has 0 saturated carbocycles. The lowest BCUT2D eigenvalue weighted by Gasteiger charge is -2.08. The Morgan fingerprint density at radius 1 is 1.48 bits per heavy atom. The molecule has 0 aliphatic heterocycles. The van der Waals surface area contributed by atoms with E-state index in [9.17, 15) is 23.3 Å². The monoisotopic (exact) mass is 340 g/mol. The number of primary amides is 1. The van der Waals surface area contributed by atoms with Crippen LogP contribution in [0.5, 0.6) is 0 Å². The van der Waals surface area contributed by atoms with Gasteiger partial charge in [-0.3, -0.25) is 14.9 Å². The van der Waals surface area contributed by atoms with Crippen LogP contribution in [-0.4, -0.2) is 24.4 Å². The highest BCUT2D eigenvalue weighted by Crippen LogP contribution is 2.24. The molecule has 0 aliphatic rings. The first kappa shape index (κ1) is 16.6. The minimum Gasteiger partial charge on any atom is -0.364 e. The molecule has 0 saturated heterocycles. The number of nitrogens with one attached hydrogen (secondary N) is 1. The van der Waals surface area contributed by atoms with E-state index >= 15 is 0 Å². The van der Waals surface area contributed by atoms with Crippen LogP contribution in [0.15, 0.2) is 33.7 Å². The number of amides is 1. The molecule has 0 radical (unpaired) electrons. The third-order valence-corrected chi connectivity index (χ3v) is 4.54. The lowest BCUT2D eigenvalue weighted by molar-refractivity contribution is -0.385. The van der Waals surface area contributed by atoms with Crippen LogP contribution in [-0.2, 0) is 16.6 Å². The Morgan fingerprint density at radius 2 is 2.17 bits per heavy atom. The second-order valence-electron chi connectivity index (χ2n) is 4.52. The van der Waals surface area contributed by atoms with Crippen LogP contribution >= 0.6 is 0 Å². The van der Waals surface area contributed by atoms with E-state index in [0.717, 1.165) is 0 Å². The number of rotatable bonds is 6. The zero-order valence-electron chi connectivity index (χ0n) is 11.8. The summed E-state index contributed by atoms with van der Waals surface area (Å²) in [6.07, 6.45) is 0. The van der Waals surface area contributed by atoms with E-state index < -0.39 is 20.9 Å². The van der Waals surface area contributed by atoms with Crippen LogP contribution in [0.3, 0.4) is 0 Å². The summed E-state index contributed by atoms with van der Waals surface area (Å²) in [5, 5.41) is 14.2. The number of carbonyl (C=O) groups excluding carboxylic acids is 1. The number of nitrogens with zero attached hydrogens (tertiary/aromatic N) is 2. The van der Waals surface area contributed by atoms with E-state index in [4.69, 9.17) is 10.3 Å². The summed E-state index contributed by atoms with van der Waals surface area (Å²) < 4.78 is 31.5. The molecule has 0 atom stereocenters. The molecule has 1 aromatic heterocycles. The summed E-state index contributed by atoms with van der Waals surface area (Å²) in [5.74, 6) is -0.733. The van der Waals surface area contributed by atoms with Gasteiger partial charge in [0, 0.05) is 17.7 Å². The lowest BCUT2D eigenvalue weighted by Crippen LogP contribution is -2.24. The Balaban J connectivity index is 2.23. The average Bonchev–Trinajstić information content (AvgIpc) is 2.94. The van der Waals surface area contributed by atoms with Crippen molar-refractivity contribution in [3.8, 4) is 0 Å². The van der Waals surface area contributed by atoms with Crippen molar-refractivity contribution in [2.24, 2.45) is 5.73 Å². The second-order valence-corrected chi connectivity index (χ2v) is 6.26. The lowest BCUT2D eigenvalue weighted by atomic mass is 10.2. The molecule has 0 unspecified atom stereocenters. The number of nitro benzene ring substituents is 1. The molecule has 0 bridgehead atoms. The molecule has 23 heavy (non-hydrogen) atoms. The van der Waals surface area contributed by atoms with Gasteiger partial charge in [-0.1, -0.05) is 11.2 Å². The van der Waals surface area contributed by atoms with Crippen LogP contribution in [0.4, 0.5) is 5.69 Å². The summed E-state index contributed by atoms with van der Waals surface area (Å²) in [6.45, 7) is 1.05. The second kappa shape index (κ2) is 6.14. The first-order valence-corrected chi connectivity index (χ1v) is 7.70. The van der Waals surface area contributed by atoms with Gasteiger partial charge in [0.15, 0.2) is 11.5 Å². The quantitative estimate of drug-likeness (QED) is 0.571. The van der Waals surface area contributed by atoms with Gasteiger partial charge in [-0.2, -0.15) is 0 Å². The van der Waals surface area contributed by atoms with E-state index in [1.54, 1.807) is 0 Å². The van der Waals surface area contributed by atoms with Crippen molar-refractivity contribution in [1.29, 1.82) is 0 Å². The van der Waals surface area contributed by atoms with Gasteiger partial charge in [-0.05, 0) is 13.0 Å². The van der Waals surface area contributed by atoms with E-state index in [1.807, 2.05) is 0 Å². The van der Waals surface area contributed by atoms with Gasteiger partial charge in [-0.15, -0.1) is 0 Å². The average molecular weight is 340 g/mol. The van der Waals surface area contributed by atoms with Gasteiger partial charge in [0.2, 0.25) is 10.0 Å². The van der Waals surface area contributed by atoms with Gasteiger partial charge in [0.05, 0.1) is 16.4 Å². The van der Waals surface area contributed by atoms with Crippen LogP contribution in [0.1, 0.15) is 21.8 Å². The van der Waals surface area contributed by atoms with Gasteiger partial charge >= 0.3 is 0 Å². The first-order valence-electron chi connectivity index (χ1n) is 6.21. The number of aromatic nitrogens is 1. The number of benzene rings is 1. The minimum absolute atomic E-state index is 0.0143. The topological polar surface area (TPSA) is 158 Å². The molecular formula is C12H12N4O6S. The molecule has 11 heteroatoms. The van der Waals surface area contributed by atoms with Crippen molar-refractivity contribution in [3.05, 3.63) is 51.4 Å². The molecule has 0 spiro atoms. The molecule has 10 nitrogen and oxygen atoms in total. The van der Waals surface area contributed by atoms with E-state index in [0.29, 0.717) is 0 Å². The molecule has 0 aliphatic carbocycles. The largest absolute Gasteiger partial charge is 0.364 e. The minimum atomic E-state index is -4.01. The standard InChI is InChI=1S/C12H12N4O6S/c1-7-10(16(18)19)3-2-4-11(7)23(20,21)14-6-8-5-9(12(13)17)15-22-8/h2-5,14H,6H2,1H3,(H2,13,17). The summed E-state index contributed by atoms with van der Waals surface area (Å²) >= 11 is 0. The normalized spacial score (nSPS) is 11.3. The number of sulfonamides is 1. The number of hydrogen-bond donors (Lipinski definition) is 2. The van der Waals surface area contributed by atoms with Crippen molar-refractivity contribution >= 4 is 21.6 Å². The van der Waals surface area contributed by atoms with Gasteiger partial charge in [0.25, 0.3) is 11.6 Å². The fourth-order valence-electron chi connectivity index (χ4n) is 1.85. The molecule has 2 rings (SSSR count). The number of nitrogens with two attached hydrogens (primary N) is 1. The molecule has 122 valence electrons. The molecule has 1 amide bonds. The van der Waals surface area contributed by atoms with E-state index in [1.165, 1.54) is 31.2 Å². The molecule has 1 heterocycles. The van der Waals surface area contributed by atoms with Gasteiger partial charge < -0.3 is 10.3 Å². The van der Waals surface area contributed by atoms with Crippen LogP contribution < -0.4 is 10.5 Å². The van der Waals surface area contributed by atoms with Crippen molar-refractivity contribution in [2.75, 3.05) is 0 Å². The zero-order chi connectivity index (χ0) is 17.2. The Morgan fingerprint density at radius 3 is 2.74 bits per heavy atom. The Bertz CT molecular complexity index is 873. The Labute approximate surface area is 130 Å². The molecule has 0 fully saturated rings. The number of carbonyl (C=O) groups is 1. The summed E-state index contributed by atoms with van der Waals surface area (Å²) in [7, 11) is -4.01. The fourth-order valence-corrected chi connectivity index (χ4v) is 3.10. The smallest absolute Gasteiger partial charge is 0.273 e.